The molecule has 1 aromatic carbocycles. The summed E-state index contributed by atoms with van der Waals surface area (Å²) in [5, 5.41) is 0. The molecule has 0 saturated carbocycles. The summed E-state index contributed by atoms with van der Waals surface area (Å²) in [5.74, 6) is -2.19. The fourth-order valence-electron chi connectivity index (χ4n) is 2.15. The summed E-state index contributed by atoms with van der Waals surface area (Å²) >= 11 is 0.561. The highest BCUT2D eigenvalue weighted by Crippen LogP contribution is 2.35. The first-order valence-corrected chi connectivity index (χ1v) is 6.77. The van der Waals surface area contributed by atoms with E-state index < -0.39 is 5.76 Å². The van der Waals surface area contributed by atoms with Crippen LogP contribution in [0.5, 0.6) is 0 Å². The molecule has 0 aliphatic carbocycles. The van der Waals surface area contributed by atoms with Gasteiger partial charge in [-0.3, -0.25) is 4.79 Å². The predicted octanol–water partition coefficient (Wildman–Crippen LogP) is 3.42. The first kappa shape index (κ1) is 13.3. The van der Waals surface area contributed by atoms with Gasteiger partial charge in [-0.1, -0.05) is 30.8 Å². The smallest absolute Gasteiger partial charge is 0.288 e. The zero-order chi connectivity index (χ0) is 13.1. The molecule has 1 atom stereocenters. The highest BCUT2D eigenvalue weighted by Gasteiger charge is 2.25. The number of piperidine rings is 1. The lowest BCUT2D eigenvalue weighted by Crippen LogP contribution is -2.39. The van der Waals surface area contributed by atoms with E-state index in [1.165, 1.54) is 0 Å². The van der Waals surface area contributed by atoms with Gasteiger partial charge in [-0.25, -0.2) is 0 Å². The summed E-state index contributed by atoms with van der Waals surface area (Å²) < 4.78 is 25.0. The van der Waals surface area contributed by atoms with Crippen molar-refractivity contribution in [2.24, 2.45) is 5.92 Å². The molecule has 98 valence electrons. The number of carbonyl (C=O) groups excluding carboxylic acids is 1. The first-order chi connectivity index (χ1) is 8.58. The summed E-state index contributed by atoms with van der Waals surface area (Å²) in [4.78, 5) is 14.1. The minimum atomic E-state index is -2.42. The number of Topliss-reactive ketones (excluding diaryl/α,β-unsaturated/α-hetero) is 1. The van der Waals surface area contributed by atoms with Crippen molar-refractivity contribution in [2.75, 3.05) is 18.0 Å². The van der Waals surface area contributed by atoms with Crippen LogP contribution in [0.3, 0.4) is 0 Å². The van der Waals surface area contributed by atoms with Crippen LogP contribution in [0, 0.1) is 5.92 Å². The molecule has 0 bridgehead atoms. The van der Waals surface area contributed by atoms with E-state index in [4.69, 9.17) is 0 Å². The van der Waals surface area contributed by atoms with Crippen molar-refractivity contribution < 1.29 is 13.6 Å². The lowest BCUT2D eigenvalue weighted by atomic mass is 9.98. The predicted molar refractivity (Wildman–Crippen MR) is 69.3 cm³/mol. The van der Waals surface area contributed by atoms with Gasteiger partial charge in [0.15, 0.2) is 0 Å². The average Bonchev–Trinajstić information content (AvgIpc) is 2.33. The fourth-order valence-corrected chi connectivity index (χ4v) is 2.82. The van der Waals surface area contributed by atoms with Crippen LogP contribution in [0.4, 0.5) is 14.5 Å². The van der Waals surface area contributed by atoms with E-state index in [1.54, 1.807) is 12.1 Å². The molecule has 0 amide bonds. The topological polar surface area (TPSA) is 20.3 Å². The van der Waals surface area contributed by atoms with Gasteiger partial charge in [-0.15, -0.1) is 0 Å². The second-order valence-corrected chi connectivity index (χ2v) is 5.44. The molecule has 2 rings (SSSR count). The zero-order valence-electron chi connectivity index (χ0n) is 10.1. The number of hydrogen-bond acceptors (Lipinski definition) is 3. The zero-order valence-corrected chi connectivity index (χ0v) is 10.9. The van der Waals surface area contributed by atoms with Crippen LogP contribution in [0.1, 0.15) is 13.3 Å². The number of rotatable bonds is 3. The highest BCUT2D eigenvalue weighted by atomic mass is 32.2. The second-order valence-electron chi connectivity index (χ2n) is 4.41. The first-order valence-electron chi connectivity index (χ1n) is 5.89. The third kappa shape index (κ3) is 3.02. The van der Waals surface area contributed by atoms with Gasteiger partial charge in [0, 0.05) is 30.3 Å². The quantitative estimate of drug-likeness (QED) is 0.786. The maximum Gasteiger partial charge on any atom is 0.288 e. The summed E-state index contributed by atoms with van der Waals surface area (Å²) in [7, 11) is 0. The second kappa shape index (κ2) is 5.69. The molecular weight excluding hydrogens is 256 g/mol. The maximum absolute atomic E-state index is 12.5. The molecule has 1 aliphatic heterocycles. The van der Waals surface area contributed by atoms with Gasteiger partial charge >= 0.3 is 0 Å². The van der Waals surface area contributed by atoms with Crippen molar-refractivity contribution >= 4 is 23.2 Å². The molecule has 1 aromatic rings. The number of halogens is 2. The minimum Gasteiger partial charge on any atom is -0.369 e. The summed E-state index contributed by atoms with van der Waals surface area (Å²) in [6.07, 6.45) is 0.495. The number of carbonyl (C=O) groups is 1. The Morgan fingerprint density at radius 3 is 2.78 bits per heavy atom. The normalized spacial score (nSPS) is 20.6. The average molecular weight is 271 g/mol. The molecule has 0 spiro atoms. The Morgan fingerprint density at radius 2 is 2.11 bits per heavy atom. The van der Waals surface area contributed by atoms with Gasteiger partial charge in [0.25, 0.3) is 5.76 Å². The Kier molecular flexibility index (Phi) is 4.22. The van der Waals surface area contributed by atoms with Gasteiger partial charge in [-0.2, -0.15) is 8.78 Å². The number of thioether (sulfide) groups is 1. The van der Waals surface area contributed by atoms with Crippen molar-refractivity contribution in [1.82, 2.24) is 0 Å². The molecule has 1 unspecified atom stereocenters. The molecular formula is C13H15F2NOS. The summed E-state index contributed by atoms with van der Waals surface area (Å²) in [5.41, 5.74) is 0.808. The van der Waals surface area contributed by atoms with Gasteiger partial charge in [-0.05, 0) is 12.1 Å². The Balaban J connectivity index is 2.19. The number of anilines is 1. The van der Waals surface area contributed by atoms with Crippen molar-refractivity contribution in [3.63, 3.8) is 0 Å². The van der Waals surface area contributed by atoms with Gasteiger partial charge < -0.3 is 4.90 Å². The molecule has 1 heterocycles. The van der Waals surface area contributed by atoms with Crippen molar-refractivity contribution in [2.45, 2.75) is 24.0 Å². The Bertz CT molecular complexity index is 439. The SMILES string of the molecule is CC1CN(c2ccccc2SC(F)F)CCC1=O. The molecule has 5 heteroatoms. The van der Waals surface area contributed by atoms with E-state index in [0.717, 1.165) is 5.69 Å². The Hall–Kier alpha value is -1.10. The highest BCUT2D eigenvalue weighted by molar-refractivity contribution is 7.99. The van der Waals surface area contributed by atoms with Gasteiger partial charge in [0.05, 0.1) is 5.69 Å². The van der Waals surface area contributed by atoms with Crippen molar-refractivity contribution in [1.29, 1.82) is 0 Å². The molecule has 0 N–H and O–H groups in total. The summed E-state index contributed by atoms with van der Waals surface area (Å²) in [6, 6.07) is 7.14. The number of benzene rings is 1. The fraction of sp³-hybridized carbons (Fsp3) is 0.462. The molecule has 1 saturated heterocycles. The van der Waals surface area contributed by atoms with Crippen LogP contribution < -0.4 is 4.90 Å². The lowest BCUT2D eigenvalue weighted by Gasteiger charge is -2.33. The molecule has 2 nitrogen and oxygen atoms in total. The van der Waals surface area contributed by atoms with Crippen LogP contribution in [-0.4, -0.2) is 24.6 Å². The summed E-state index contributed by atoms with van der Waals surface area (Å²) in [6.45, 7) is 3.11. The number of para-hydroxylation sites is 1. The standard InChI is InChI=1S/C13H15F2NOS/c1-9-8-16(7-6-11(9)17)10-4-2-3-5-12(10)18-13(14)15/h2-5,9,13H,6-8H2,1H3. The van der Waals surface area contributed by atoms with Crippen LogP contribution >= 0.6 is 11.8 Å². The van der Waals surface area contributed by atoms with E-state index in [1.807, 2.05) is 24.0 Å². The van der Waals surface area contributed by atoms with E-state index in [0.29, 0.717) is 36.2 Å². The van der Waals surface area contributed by atoms with Gasteiger partial charge in [0.2, 0.25) is 0 Å². The van der Waals surface area contributed by atoms with Crippen molar-refractivity contribution in [3.05, 3.63) is 24.3 Å². The largest absolute Gasteiger partial charge is 0.369 e. The van der Waals surface area contributed by atoms with E-state index >= 15 is 0 Å². The minimum absolute atomic E-state index is 0.0247. The van der Waals surface area contributed by atoms with Crippen LogP contribution in [-0.2, 0) is 4.79 Å². The van der Waals surface area contributed by atoms with E-state index in [9.17, 15) is 13.6 Å². The number of ketones is 1. The lowest BCUT2D eigenvalue weighted by molar-refractivity contribution is -0.122. The maximum atomic E-state index is 12.5. The molecule has 1 fully saturated rings. The van der Waals surface area contributed by atoms with E-state index in [2.05, 4.69) is 0 Å². The monoisotopic (exact) mass is 271 g/mol. The molecule has 18 heavy (non-hydrogen) atoms. The molecule has 1 aliphatic rings. The third-order valence-corrected chi connectivity index (χ3v) is 3.87. The van der Waals surface area contributed by atoms with Crippen LogP contribution in [0.15, 0.2) is 29.2 Å². The number of nitrogens with zero attached hydrogens (tertiary/aromatic N) is 1. The molecule has 0 aromatic heterocycles. The Morgan fingerprint density at radius 1 is 1.39 bits per heavy atom. The van der Waals surface area contributed by atoms with Crippen LogP contribution in [0.2, 0.25) is 0 Å². The van der Waals surface area contributed by atoms with Crippen molar-refractivity contribution in [3.8, 4) is 0 Å². The number of alkyl halides is 2. The van der Waals surface area contributed by atoms with E-state index in [-0.39, 0.29) is 11.7 Å². The van der Waals surface area contributed by atoms with Crippen LogP contribution in [0.25, 0.3) is 0 Å². The van der Waals surface area contributed by atoms with Gasteiger partial charge in [0.1, 0.15) is 5.78 Å². The Labute approximate surface area is 109 Å². The third-order valence-electron chi connectivity index (χ3n) is 3.09. The molecule has 0 radical (unpaired) electrons. The number of hydrogen-bond donors (Lipinski definition) is 0.